The summed E-state index contributed by atoms with van der Waals surface area (Å²) in [4.78, 5) is 22.8. The highest BCUT2D eigenvalue weighted by Gasteiger charge is 2.35. The van der Waals surface area contributed by atoms with Crippen LogP contribution in [0.2, 0.25) is 0 Å². The molecule has 0 saturated heterocycles. The van der Waals surface area contributed by atoms with Crippen LogP contribution in [0.1, 0.15) is 23.2 Å². The van der Waals surface area contributed by atoms with E-state index in [-0.39, 0.29) is 17.9 Å². The third-order valence-electron chi connectivity index (χ3n) is 3.24. The third kappa shape index (κ3) is 3.07. The quantitative estimate of drug-likeness (QED) is 0.887. The van der Waals surface area contributed by atoms with Crippen LogP contribution in [0.25, 0.3) is 0 Å². The van der Waals surface area contributed by atoms with Crippen molar-refractivity contribution in [2.45, 2.75) is 18.9 Å². The summed E-state index contributed by atoms with van der Waals surface area (Å²) in [5.41, 5.74) is 0.484. The van der Waals surface area contributed by atoms with E-state index in [0.717, 1.165) is 0 Å². The van der Waals surface area contributed by atoms with Gasteiger partial charge in [0.1, 0.15) is 5.75 Å². The van der Waals surface area contributed by atoms with Gasteiger partial charge in [-0.1, -0.05) is 0 Å². The molecule has 0 bridgehead atoms. The molecule has 6 heteroatoms. The Hall–Kier alpha value is -1.56. The van der Waals surface area contributed by atoms with Gasteiger partial charge in [-0.15, -0.1) is 0 Å². The van der Waals surface area contributed by atoms with E-state index < -0.39 is 5.97 Å². The molecule has 1 aromatic rings. The van der Waals surface area contributed by atoms with E-state index in [9.17, 15) is 9.59 Å². The van der Waals surface area contributed by atoms with Crippen molar-refractivity contribution in [2.75, 3.05) is 7.11 Å². The first-order valence-corrected chi connectivity index (χ1v) is 6.67. The number of carbonyl (C=O) groups excluding carboxylic acids is 1. The molecule has 1 amide bonds. The van der Waals surface area contributed by atoms with E-state index in [1.54, 1.807) is 18.2 Å². The Labute approximate surface area is 119 Å². The number of amides is 1. The number of carboxylic acids is 1. The molecular weight excluding hydrogens is 314 g/mol. The first kappa shape index (κ1) is 13.9. The number of methoxy groups -OCH3 is 1. The summed E-state index contributed by atoms with van der Waals surface area (Å²) < 4.78 is 5.76. The van der Waals surface area contributed by atoms with E-state index in [0.29, 0.717) is 28.6 Å². The number of carboxylic acid groups (broad SMARTS) is 1. The number of nitrogens with one attached hydrogen (secondary N) is 1. The molecule has 1 fully saturated rings. The molecule has 5 nitrogen and oxygen atoms in total. The van der Waals surface area contributed by atoms with Gasteiger partial charge in [0.15, 0.2) is 0 Å². The number of hydrogen-bond acceptors (Lipinski definition) is 3. The van der Waals surface area contributed by atoms with Gasteiger partial charge in [-0.3, -0.25) is 9.59 Å². The number of benzene rings is 1. The number of aliphatic carboxylic acids is 1. The summed E-state index contributed by atoms with van der Waals surface area (Å²) in [6.45, 7) is 0. The lowest BCUT2D eigenvalue weighted by molar-refractivity contribution is -0.145. The zero-order valence-corrected chi connectivity index (χ0v) is 11.9. The Morgan fingerprint density at radius 3 is 2.68 bits per heavy atom. The first-order valence-electron chi connectivity index (χ1n) is 5.88. The largest absolute Gasteiger partial charge is 0.497 e. The molecule has 0 atom stereocenters. The zero-order valence-electron chi connectivity index (χ0n) is 10.4. The van der Waals surface area contributed by atoms with Crippen molar-refractivity contribution < 1.29 is 19.4 Å². The smallest absolute Gasteiger partial charge is 0.306 e. The fourth-order valence-electron chi connectivity index (χ4n) is 2.01. The molecule has 1 aromatic carbocycles. The number of rotatable bonds is 4. The molecule has 102 valence electrons. The van der Waals surface area contributed by atoms with E-state index >= 15 is 0 Å². The standard InChI is InChI=1S/C13H14BrNO4/c1-19-9-2-3-11(14)10(6-9)12(16)15-8-4-7(5-8)13(17)18/h2-3,6-8H,4-5H2,1H3,(H,15,16)(H,17,18). The molecule has 1 aliphatic rings. The molecule has 0 aliphatic heterocycles. The van der Waals surface area contributed by atoms with Crippen molar-refractivity contribution in [1.29, 1.82) is 0 Å². The molecule has 2 rings (SSSR count). The molecule has 0 spiro atoms. The van der Waals surface area contributed by atoms with Gasteiger partial charge in [-0.2, -0.15) is 0 Å². The second kappa shape index (κ2) is 5.61. The summed E-state index contributed by atoms with van der Waals surface area (Å²) in [5, 5.41) is 11.6. The van der Waals surface area contributed by atoms with Gasteiger partial charge in [0.25, 0.3) is 5.91 Å². The number of carbonyl (C=O) groups is 2. The summed E-state index contributed by atoms with van der Waals surface area (Å²) in [7, 11) is 1.54. The minimum atomic E-state index is -0.798. The lowest BCUT2D eigenvalue weighted by atomic mass is 9.80. The predicted octanol–water partition coefficient (Wildman–Crippen LogP) is 2.05. The zero-order chi connectivity index (χ0) is 14.0. The summed E-state index contributed by atoms with van der Waals surface area (Å²) in [6, 6.07) is 5.08. The van der Waals surface area contributed by atoms with Gasteiger partial charge in [-0.05, 0) is 47.0 Å². The predicted molar refractivity (Wildman–Crippen MR) is 72.3 cm³/mol. The molecular formula is C13H14BrNO4. The van der Waals surface area contributed by atoms with Gasteiger partial charge in [0, 0.05) is 10.5 Å². The highest BCUT2D eigenvalue weighted by atomic mass is 79.9. The van der Waals surface area contributed by atoms with E-state index in [1.807, 2.05) is 0 Å². The summed E-state index contributed by atoms with van der Waals surface area (Å²) in [5.74, 6) is -0.753. The highest BCUT2D eigenvalue weighted by Crippen LogP contribution is 2.28. The van der Waals surface area contributed by atoms with Crippen molar-refractivity contribution in [2.24, 2.45) is 5.92 Å². The van der Waals surface area contributed by atoms with E-state index in [2.05, 4.69) is 21.2 Å². The summed E-state index contributed by atoms with van der Waals surface area (Å²) >= 11 is 3.31. The third-order valence-corrected chi connectivity index (χ3v) is 3.93. The molecule has 0 heterocycles. The van der Waals surface area contributed by atoms with Crippen LogP contribution in [0.15, 0.2) is 22.7 Å². The molecule has 0 radical (unpaired) electrons. The van der Waals surface area contributed by atoms with Gasteiger partial charge in [0.05, 0.1) is 18.6 Å². The maximum atomic E-state index is 12.1. The lowest BCUT2D eigenvalue weighted by Crippen LogP contribution is -2.46. The van der Waals surface area contributed by atoms with E-state index in [4.69, 9.17) is 9.84 Å². The monoisotopic (exact) mass is 327 g/mol. The van der Waals surface area contributed by atoms with Crippen LogP contribution in [0, 0.1) is 5.92 Å². The number of ether oxygens (including phenoxy) is 1. The highest BCUT2D eigenvalue weighted by molar-refractivity contribution is 9.10. The van der Waals surface area contributed by atoms with Crippen molar-refractivity contribution >= 4 is 27.8 Å². The van der Waals surface area contributed by atoms with Crippen LogP contribution in [0.5, 0.6) is 5.75 Å². The van der Waals surface area contributed by atoms with Crippen LogP contribution in [-0.2, 0) is 4.79 Å². The van der Waals surface area contributed by atoms with Crippen molar-refractivity contribution in [1.82, 2.24) is 5.32 Å². The second-order valence-electron chi connectivity index (χ2n) is 4.52. The first-order chi connectivity index (χ1) is 9.01. The normalized spacial score (nSPS) is 21.4. The minimum Gasteiger partial charge on any atom is -0.497 e. The van der Waals surface area contributed by atoms with Crippen LogP contribution in [0.3, 0.4) is 0 Å². The van der Waals surface area contributed by atoms with Gasteiger partial charge in [0.2, 0.25) is 0 Å². The minimum absolute atomic E-state index is 0.0632. The van der Waals surface area contributed by atoms with Crippen molar-refractivity contribution in [3.63, 3.8) is 0 Å². The Kier molecular flexibility index (Phi) is 4.09. The Bertz CT molecular complexity index is 511. The maximum Gasteiger partial charge on any atom is 0.306 e. The van der Waals surface area contributed by atoms with Gasteiger partial charge < -0.3 is 15.2 Å². The average Bonchev–Trinajstić information content (AvgIpc) is 2.33. The Morgan fingerprint density at radius 1 is 1.42 bits per heavy atom. The van der Waals surface area contributed by atoms with Crippen molar-refractivity contribution in [3.05, 3.63) is 28.2 Å². The van der Waals surface area contributed by atoms with Crippen LogP contribution in [0.4, 0.5) is 0 Å². The number of hydrogen-bond donors (Lipinski definition) is 2. The number of halogens is 1. The molecule has 1 aliphatic carbocycles. The van der Waals surface area contributed by atoms with Crippen molar-refractivity contribution in [3.8, 4) is 5.75 Å². The fraction of sp³-hybridized carbons (Fsp3) is 0.385. The summed E-state index contributed by atoms with van der Waals surface area (Å²) in [6.07, 6.45) is 0.978. The molecule has 19 heavy (non-hydrogen) atoms. The topological polar surface area (TPSA) is 75.6 Å². The van der Waals surface area contributed by atoms with Crippen LogP contribution < -0.4 is 10.1 Å². The van der Waals surface area contributed by atoms with Crippen LogP contribution in [-0.4, -0.2) is 30.1 Å². The Morgan fingerprint density at radius 2 is 2.11 bits per heavy atom. The average molecular weight is 328 g/mol. The van der Waals surface area contributed by atoms with Crippen LogP contribution >= 0.6 is 15.9 Å². The lowest BCUT2D eigenvalue weighted by Gasteiger charge is -2.32. The van der Waals surface area contributed by atoms with Gasteiger partial charge in [-0.25, -0.2) is 0 Å². The molecule has 2 N–H and O–H groups in total. The fourth-order valence-corrected chi connectivity index (χ4v) is 2.43. The maximum absolute atomic E-state index is 12.1. The van der Waals surface area contributed by atoms with Gasteiger partial charge >= 0.3 is 5.97 Å². The SMILES string of the molecule is COc1ccc(Br)c(C(=O)NC2CC(C(=O)O)C2)c1. The molecule has 0 aromatic heterocycles. The molecule has 1 saturated carbocycles. The molecule has 0 unspecified atom stereocenters. The second-order valence-corrected chi connectivity index (χ2v) is 5.38. The Balaban J connectivity index is 1.99. The van der Waals surface area contributed by atoms with E-state index in [1.165, 1.54) is 7.11 Å².